The van der Waals surface area contributed by atoms with E-state index in [0.29, 0.717) is 22.6 Å². The summed E-state index contributed by atoms with van der Waals surface area (Å²) >= 11 is 0. The molecule has 6 heteroatoms. The number of carbonyl (C=O) groups excluding carboxylic acids is 1. The quantitative estimate of drug-likeness (QED) is 0.676. The van der Waals surface area contributed by atoms with Gasteiger partial charge in [0, 0.05) is 24.1 Å². The van der Waals surface area contributed by atoms with E-state index in [1.54, 1.807) is 24.3 Å². The van der Waals surface area contributed by atoms with Crippen LogP contribution in [0.4, 0.5) is 0 Å². The smallest absolute Gasteiger partial charge is 0.267 e. The Morgan fingerprint density at radius 3 is 2.91 bits per heavy atom. The molecule has 6 nitrogen and oxygen atoms in total. The molecule has 1 aromatic heterocycles. The highest BCUT2D eigenvalue weighted by atomic mass is 16.2. The minimum atomic E-state index is -0.390. The molecule has 1 fully saturated rings. The Morgan fingerprint density at radius 2 is 2.13 bits per heavy atom. The highest BCUT2D eigenvalue weighted by molar-refractivity contribution is 6.05. The molecule has 2 aliphatic carbocycles. The van der Waals surface area contributed by atoms with Crippen molar-refractivity contribution in [1.82, 2.24) is 15.2 Å². The van der Waals surface area contributed by atoms with E-state index in [2.05, 4.69) is 27.8 Å². The van der Waals surface area contributed by atoms with Crippen LogP contribution in [0.3, 0.4) is 0 Å². The lowest BCUT2D eigenvalue weighted by Crippen LogP contribution is -2.36. The number of nitrogens with one attached hydrogen (secondary N) is 1. The number of fused-ring (bicyclic) bond motifs is 2. The van der Waals surface area contributed by atoms with E-state index >= 15 is 0 Å². The maximum Gasteiger partial charge on any atom is 0.292 e. The number of hydrazone groups is 1. The predicted octanol–water partition coefficient (Wildman–Crippen LogP) is 1.62. The van der Waals surface area contributed by atoms with Crippen molar-refractivity contribution in [3.05, 3.63) is 52.5 Å². The van der Waals surface area contributed by atoms with Crippen LogP contribution in [0.25, 0.3) is 10.8 Å². The lowest BCUT2D eigenvalue weighted by Gasteiger charge is -2.31. The molecule has 23 heavy (non-hydrogen) atoms. The van der Waals surface area contributed by atoms with Gasteiger partial charge in [0.2, 0.25) is 0 Å². The molecule has 2 atom stereocenters. The summed E-state index contributed by atoms with van der Waals surface area (Å²) in [7, 11) is 1.54. The van der Waals surface area contributed by atoms with E-state index in [9.17, 15) is 9.59 Å². The van der Waals surface area contributed by atoms with E-state index in [1.807, 2.05) is 0 Å². The monoisotopic (exact) mass is 308 g/mol. The third-order valence-corrected chi connectivity index (χ3v) is 4.64. The first-order valence-corrected chi connectivity index (χ1v) is 7.64. The highest BCUT2D eigenvalue weighted by Crippen LogP contribution is 2.40. The van der Waals surface area contributed by atoms with Crippen LogP contribution in [-0.4, -0.2) is 21.4 Å². The molecule has 0 unspecified atom stereocenters. The fourth-order valence-corrected chi connectivity index (χ4v) is 3.31. The predicted molar refractivity (Wildman–Crippen MR) is 87.2 cm³/mol. The molecule has 116 valence electrons. The molecule has 1 amide bonds. The summed E-state index contributed by atoms with van der Waals surface area (Å²) in [6, 6.07) is 6.98. The van der Waals surface area contributed by atoms with Crippen LogP contribution in [0.5, 0.6) is 0 Å². The molecule has 0 bridgehead atoms. The third-order valence-electron chi connectivity index (χ3n) is 4.64. The van der Waals surface area contributed by atoms with Gasteiger partial charge < -0.3 is 0 Å². The zero-order valence-corrected chi connectivity index (χ0v) is 12.7. The molecule has 1 aromatic carbocycles. The van der Waals surface area contributed by atoms with Gasteiger partial charge in [0.05, 0.1) is 5.39 Å². The lowest BCUT2D eigenvalue weighted by atomic mass is 9.74. The summed E-state index contributed by atoms with van der Waals surface area (Å²) in [6.07, 6.45) is 6.29. The van der Waals surface area contributed by atoms with Crippen molar-refractivity contribution >= 4 is 22.4 Å². The van der Waals surface area contributed by atoms with Gasteiger partial charge in [-0.05, 0) is 24.8 Å². The van der Waals surface area contributed by atoms with E-state index in [0.717, 1.165) is 18.6 Å². The van der Waals surface area contributed by atoms with Gasteiger partial charge in [-0.1, -0.05) is 30.4 Å². The highest BCUT2D eigenvalue weighted by Gasteiger charge is 2.38. The Hall–Kier alpha value is -2.76. The average molecular weight is 308 g/mol. The minimum Gasteiger partial charge on any atom is -0.267 e. The van der Waals surface area contributed by atoms with Crippen LogP contribution in [-0.2, 0) is 7.05 Å². The Labute approximate surface area is 132 Å². The number of aromatic nitrogens is 2. The van der Waals surface area contributed by atoms with Crippen molar-refractivity contribution in [3.63, 3.8) is 0 Å². The Bertz CT molecular complexity index is 926. The van der Waals surface area contributed by atoms with Crippen LogP contribution in [0.2, 0.25) is 0 Å². The average Bonchev–Trinajstić information content (AvgIpc) is 2.92. The zero-order chi connectivity index (χ0) is 16.0. The van der Waals surface area contributed by atoms with Crippen LogP contribution in [0.1, 0.15) is 23.3 Å². The van der Waals surface area contributed by atoms with Crippen molar-refractivity contribution in [2.45, 2.75) is 12.8 Å². The number of rotatable bonds is 2. The molecular weight excluding hydrogens is 292 g/mol. The first-order valence-electron chi connectivity index (χ1n) is 7.64. The molecule has 1 N–H and O–H groups in total. The SMILES string of the molecule is Cn1nc(C(=O)N/N=C2\C[C@H]3C=CC[C@@H]23)c2ccccc2c1=O. The summed E-state index contributed by atoms with van der Waals surface area (Å²) in [5.41, 5.74) is 3.62. The van der Waals surface area contributed by atoms with Crippen LogP contribution in [0, 0.1) is 11.8 Å². The topological polar surface area (TPSA) is 76.3 Å². The second kappa shape index (κ2) is 5.15. The fraction of sp³-hybridized carbons (Fsp3) is 0.294. The maximum absolute atomic E-state index is 12.4. The Balaban J connectivity index is 1.64. The molecule has 0 spiro atoms. The molecule has 2 aliphatic rings. The molecule has 0 aliphatic heterocycles. The first-order chi connectivity index (χ1) is 11.1. The molecule has 1 heterocycles. The largest absolute Gasteiger partial charge is 0.292 e. The van der Waals surface area contributed by atoms with Gasteiger partial charge in [0.1, 0.15) is 0 Å². The van der Waals surface area contributed by atoms with Gasteiger partial charge in [-0.15, -0.1) is 0 Å². The fourth-order valence-electron chi connectivity index (χ4n) is 3.31. The van der Waals surface area contributed by atoms with Crippen molar-refractivity contribution in [2.75, 3.05) is 0 Å². The minimum absolute atomic E-state index is 0.215. The maximum atomic E-state index is 12.4. The summed E-state index contributed by atoms with van der Waals surface area (Å²) < 4.78 is 1.19. The number of carbonyl (C=O) groups is 1. The standard InChI is InChI=1S/C17H16N4O2/c1-21-17(23)13-7-3-2-6-12(13)15(20-21)16(22)19-18-14-9-10-5-4-8-11(10)14/h2-7,10-11H,8-9H2,1H3,(H,19,22)/b18-14+/t10-,11-/m1/s1. The first kappa shape index (κ1) is 13.9. The molecule has 4 rings (SSSR count). The molecule has 0 radical (unpaired) electrons. The van der Waals surface area contributed by atoms with Crippen molar-refractivity contribution in [3.8, 4) is 0 Å². The van der Waals surface area contributed by atoms with E-state index in [4.69, 9.17) is 0 Å². The Morgan fingerprint density at radius 1 is 1.35 bits per heavy atom. The van der Waals surface area contributed by atoms with Gasteiger partial charge in [-0.2, -0.15) is 10.2 Å². The molecule has 2 aromatic rings. The van der Waals surface area contributed by atoms with E-state index < -0.39 is 5.91 Å². The summed E-state index contributed by atoms with van der Waals surface area (Å²) in [5.74, 6) is 0.640. The van der Waals surface area contributed by atoms with Gasteiger partial charge >= 0.3 is 0 Å². The van der Waals surface area contributed by atoms with Crippen LogP contribution >= 0.6 is 0 Å². The third kappa shape index (κ3) is 2.18. The van der Waals surface area contributed by atoms with Gasteiger partial charge in [-0.25, -0.2) is 10.1 Å². The van der Waals surface area contributed by atoms with Crippen LogP contribution < -0.4 is 11.0 Å². The van der Waals surface area contributed by atoms with Crippen molar-refractivity contribution in [1.29, 1.82) is 0 Å². The molecule has 0 saturated heterocycles. The number of benzene rings is 1. The Kier molecular flexibility index (Phi) is 3.11. The lowest BCUT2D eigenvalue weighted by molar-refractivity contribution is 0.0948. The number of hydrogen-bond donors (Lipinski definition) is 1. The number of aryl methyl sites for hydroxylation is 1. The van der Waals surface area contributed by atoms with Crippen LogP contribution in [0.15, 0.2) is 46.3 Å². The normalized spacial score (nSPS) is 23.8. The summed E-state index contributed by atoms with van der Waals surface area (Å²) in [6.45, 7) is 0. The molecule has 1 saturated carbocycles. The molecular formula is C17H16N4O2. The van der Waals surface area contributed by atoms with Crippen molar-refractivity contribution < 1.29 is 4.79 Å². The van der Waals surface area contributed by atoms with E-state index in [-0.39, 0.29) is 11.3 Å². The zero-order valence-electron chi connectivity index (χ0n) is 12.7. The summed E-state index contributed by atoms with van der Waals surface area (Å²) in [5, 5.41) is 9.38. The number of nitrogens with zero attached hydrogens (tertiary/aromatic N) is 3. The van der Waals surface area contributed by atoms with E-state index in [1.165, 1.54) is 11.7 Å². The van der Waals surface area contributed by atoms with Gasteiger partial charge in [0.25, 0.3) is 11.5 Å². The van der Waals surface area contributed by atoms with Gasteiger partial charge in [0.15, 0.2) is 5.69 Å². The van der Waals surface area contributed by atoms with Gasteiger partial charge in [-0.3, -0.25) is 9.59 Å². The second-order valence-electron chi connectivity index (χ2n) is 6.01. The number of allylic oxidation sites excluding steroid dienone is 2. The number of amides is 1. The number of hydrogen-bond acceptors (Lipinski definition) is 4. The summed E-state index contributed by atoms with van der Waals surface area (Å²) in [4.78, 5) is 24.5. The second-order valence-corrected chi connectivity index (χ2v) is 6.01. The van der Waals surface area contributed by atoms with Crippen molar-refractivity contribution in [2.24, 2.45) is 24.0 Å².